The molecule has 1 fully saturated rings. The number of hydrogen-bond acceptors (Lipinski definition) is 4. The molecule has 0 N–H and O–H groups in total. The summed E-state index contributed by atoms with van der Waals surface area (Å²) in [6, 6.07) is 2.55. The second kappa shape index (κ2) is 6.06. The number of nitrogens with zero attached hydrogens (tertiary/aromatic N) is 2. The first-order valence-corrected chi connectivity index (χ1v) is 6.74. The van der Waals surface area contributed by atoms with E-state index in [0.29, 0.717) is 24.9 Å². The van der Waals surface area contributed by atoms with Gasteiger partial charge in [-0.2, -0.15) is 0 Å². The molecular formula is C12H15ClN2O4. The van der Waals surface area contributed by atoms with Gasteiger partial charge in [0, 0.05) is 19.0 Å². The minimum absolute atomic E-state index is 0.0261. The molecule has 104 valence electrons. The molecule has 1 aromatic rings. The Hall–Kier alpha value is -1.56. The summed E-state index contributed by atoms with van der Waals surface area (Å²) in [5.74, 6) is 0.322. The molecule has 0 aromatic carbocycles. The lowest BCUT2D eigenvalue weighted by Crippen LogP contribution is -2.39. The van der Waals surface area contributed by atoms with Crippen molar-refractivity contribution in [1.82, 2.24) is 4.90 Å². The summed E-state index contributed by atoms with van der Waals surface area (Å²) in [5.41, 5.74) is 0. The first-order chi connectivity index (χ1) is 9.11. The Labute approximate surface area is 115 Å². The van der Waals surface area contributed by atoms with Crippen LogP contribution in [0.25, 0.3) is 0 Å². The van der Waals surface area contributed by atoms with Gasteiger partial charge in [-0.3, -0.25) is 14.9 Å². The maximum absolute atomic E-state index is 12.2. The van der Waals surface area contributed by atoms with E-state index in [1.54, 1.807) is 4.90 Å². The molecule has 0 aliphatic carbocycles. The van der Waals surface area contributed by atoms with E-state index in [2.05, 4.69) is 0 Å². The lowest BCUT2D eigenvalue weighted by atomic mass is 9.95. The minimum Gasteiger partial charge on any atom is -0.395 e. The third-order valence-corrected chi connectivity index (χ3v) is 3.52. The van der Waals surface area contributed by atoms with Crippen LogP contribution in [0.4, 0.5) is 5.88 Å². The highest BCUT2D eigenvalue weighted by molar-refractivity contribution is 6.17. The van der Waals surface area contributed by atoms with E-state index in [-0.39, 0.29) is 11.7 Å². The highest BCUT2D eigenvalue weighted by Gasteiger charge is 2.27. The molecule has 0 radical (unpaired) electrons. The molecule has 6 nitrogen and oxygen atoms in total. The number of alkyl halides is 1. The van der Waals surface area contributed by atoms with Gasteiger partial charge in [0.05, 0.1) is 6.07 Å². The van der Waals surface area contributed by atoms with Crippen molar-refractivity contribution in [2.24, 2.45) is 5.92 Å². The zero-order chi connectivity index (χ0) is 13.8. The van der Waals surface area contributed by atoms with Gasteiger partial charge in [-0.15, -0.1) is 11.6 Å². The van der Waals surface area contributed by atoms with Crippen LogP contribution >= 0.6 is 11.6 Å². The number of carbonyl (C=O) groups excluding carboxylic acids is 1. The van der Waals surface area contributed by atoms with Crippen molar-refractivity contribution >= 4 is 23.4 Å². The van der Waals surface area contributed by atoms with E-state index in [1.165, 1.54) is 12.1 Å². The molecule has 7 heteroatoms. The van der Waals surface area contributed by atoms with Gasteiger partial charge in [0.2, 0.25) is 0 Å². The van der Waals surface area contributed by atoms with Gasteiger partial charge in [-0.1, -0.05) is 0 Å². The van der Waals surface area contributed by atoms with Crippen LogP contribution in [0.3, 0.4) is 0 Å². The number of likely N-dealkylation sites (tertiary alicyclic amines) is 1. The Kier molecular flexibility index (Phi) is 4.42. The molecule has 1 unspecified atom stereocenters. The highest BCUT2D eigenvalue weighted by Crippen LogP contribution is 2.23. The Morgan fingerprint density at radius 3 is 3.00 bits per heavy atom. The SMILES string of the molecule is O=C(c1ccc([N+](=O)[O-])o1)N1CCCC(CCCl)C1. The average molecular weight is 287 g/mol. The topological polar surface area (TPSA) is 76.6 Å². The van der Waals surface area contributed by atoms with Crippen molar-refractivity contribution in [3.8, 4) is 0 Å². The number of furan rings is 1. The standard InChI is InChI=1S/C12H15ClN2O4/c13-6-5-9-2-1-7-14(8-9)12(16)10-3-4-11(19-10)15(17)18/h3-4,9H,1-2,5-8H2. The average Bonchev–Trinajstić information content (AvgIpc) is 2.88. The fourth-order valence-corrected chi connectivity index (χ4v) is 2.64. The first-order valence-electron chi connectivity index (χ1n) is 6.21. The summed E-state index contributed by atoms with van der Waals surface area (Å²) in [7, 11) is 0. The maximum Gasteiger partial charge on any atom is 0.433 e. The van der Waals surface area contributed by atoms with E-state index in [0.717, 1.165) is 19.3 Å². The van der Waals surface area contributed by atoms with Crippen LogP contribution in [0.15, 0.2) is 16.5 Å². The van der Waals surface area contributed by atoms with E-state index in [1.807, 2.05) is 0 Å². The third kappa shape index (κ3) is 3.26. The van der Waals surface area contributed by atoms with E-state index < -0.39 is 10.8 Å². The third-order valence-electron chi connectivity index (χ3n) is 3.31. The summed E-state index contributed by atoms with van der Waals surface area (Å²) >= 11 is 5.72. The largest absolute Gasteiger partial charge is 0.433 e. The van der Waals surface area contributed by atoms with Crippen LogP contribution < -0.4 is 0 Å². The molecule has 1 amide bonds. The van der Waals surface area contributed by atoms with Crippen molar-refractivity contribution in [2.75, 3.05) is 19.0 Å². The minimum atomic E-state index is -0.650. The smallest absolute Gasteiger partial charge is 0.395 e. The van der Waals surface area contributed by atoms with Crippen LogP contribution in [0.1, 0.15) is 29.8 Å². The monoisotopic (exact) mass is 286 g/mol. The van der Waals surface area contributed by atoms with Gasteiger partial charge in [-0.25, -0.2) is 0 Å². The number of nitro groups is 1. The predicted octanol–water partition coefficient (Wildman–Crippen LogP) is 2.67. The quantitative estimate of drug-likeness (QED) is 0.484. The van der Waals surface area contributed by atoms with Gasteiger partial charge in [0.15, 0.2) is 5.76 Å². The number of hydrogen-bond donors (Lipinski definition) is 0. The Balaban J connectivity index is 2.03. The molecule has 1 aliphatic heterocycles. The highest BCUT2D eigenvalue weighted by atomic mass is 35.5. The number of rotatable bonds is 4. The molecule has 0 saturated carbocycles. The van der Waals surface area contributed by atoms with E-state index in [9.17, 15) is 14.9 Å². The Bertz CT molecular complexity index is 472. The lowest BCUT2D eigenvalue weighted by molar-refractivity contribution is -0.402. The normalized spacial score (nSPS) is 19.4. The first kappa shape index (κ1) is 13.9. The van der Waals surface area contributed by atoms with Crippen LogP contribution in [0, 0.1) is 16.0 Å². The molecule has 1 aromatic heterocycles. The molecule has 2 heterocycles. The summed E-state index contributed by atoms with van der Waals surface area (Å²) in [5, 5.41) is 10.5. The van der Waals surface area contributed by atoms with Crippen LogP contribution in [0.2, 0.25) is 0 Å². The summed E-state index contributed by atoms with van der Waals surface area (Å²) in [6.45, 7) is 1.30. The van der Waals surface area contributed by atoms with Gasteiger partial charge in [0.25, 0.3) is 5.91 Å². The van der Waals surface area contributed by atoms with Crippen LogP contribution in [-0.2, 0) is 0 Å². The van der Waals surface area contributed by atoms with E-state index >= 15 is 0 Å². The van der Waals surface area contributed by atoms with Gasteiger partial charge < -0.3 is 9.32 Å². The zero-order valence-electron chi connectivity index (χ0n) is 10.4. The molecule has 1 aliphatic rings. The van der Waals surface area contributed by atoms with Crippen molar-refractivity contribution in [1.29, 1.82) is 0 Å². The van der Waals surface area contributed by atoms with Gasteiger partial charge in [-0.05, 0) is 31.2 Å². The molecule has 1 atom stereocenters. The Morgan fingerprint density at radius 1 is 1.58 bits per heavy atom. The zero-order valence-corrected chi connectivity index (χ0v) is 11.1. The molecule has 2 rings (SSSR count). The summed E-state index contributed by atoms with van der Waals surface area (Å²) in [6.07, 6.45) is 2.87. The Morgan fingerprint density at radius 2 is 2.37 bits per heavy atom. The number of amides is 1. The van der Waals surface area contributed by atoms with Crippen LogP contribution in [0.5, 0.6) is 0 Å². The molecular weight excluding hydrogens is 272 g/mol. The van der Waals surface area contributed by atoms with Gasteiger partial charge in [0.1, 0.15) is 4.92 Å². The second-order valence-corrected chi connectivity index (χ2v) is 5.01. The maximum atomic E-state index is 12.2. The summed E-state index contributed by atoms with van der Waals surface area (Å²) in [4.78, 5) is 23.7. The predicted molar refractivity (Wildman–Crippen MR) is 69.3 cm³/mol. The fourth-order valence-electron chi connectivity index (χ4n) is 2.34. The van der Waals surface area contributed by atoms with Crippen molar-refractivity contribution in [2.45, 2.75) is 19.3 Å². The molecule has 1 saturated heterocycles. The van der Waals surface area contributed by atoms with Crippen molar-refractivity contribution in [3.05, 3.63) is 28.0 Å². The van der Waals surface area contributed by atoms with Crippen LogP contribution in [-0.4, -0.2) is 34.7 Å². The number of halogens is 1. The summed E-state index contributed by atoms with van der Waals surface area (Å²) < 4.78 is 4.94. The lowest BCUT2D eigenvalue weighted by Gasteiger charge is -2.31. The number of piperidine rings is 1. The number of carbonyl (C=O) groups is 1. The van der Waals surface area contributed by atoms with E-state index in [4.69, 9.17) is 16.0 Å². The molecule has 0 bridgehead atoms. The second-order valence-electron chi connectivity index (χ2n) is 4.63. The fraction of sp³-hybridized carbons (Fsp3) is 0.583. The van der Waals surface area contributed by atoms with Crippen molar-refractivity contribution < 1.29 is 14.1 Å². The van der Waals surface area contributed by atoms with Crippen molar-refractivity contribution in [3.63, 3.8) is 0 Å². The molecule has 0 spiro atoms. The molecule has 19 heavy (non-hydrogen) atoms. The van der Waals surface area contributed by atoms with Gasteiger partial charge >= 0.3 is 5.88 Å².